The molecule has 33 heavy (non-hydrogen) atoms. The van der Waals surface area contributed by atoms with Crippen LogP contribution in [0, 0.1) is 0 Å². The molecule has 1 heterocycles. The Morgan fingerprint density at radius 3 is 2.45 bits per heavy atom. The first-order valence-electron chi connectivity index (χ1n) is 10.2. The van der Waals surface area contributed by atoms with Gasteiger partial charge in [-0.15, -0.1) is 0 Å². The Hall–Kier alpha value is -4.46. The van der Waals surface area contributed by atoms with Crippen LogP contribution in [0.3, 0.4) is 0 Å². The molecule has 4 rings (SSSR count). The van der Waals surface area contributed by atoms with Crippen molar-refractivity contribution in [3.05, 3.63) is 100.0 Å². The molecule has 8 nitrogen and oxygen atoms in total. The maximum Gasteiger partial charge on any atom is 0.292 e. The lowest BCUT2D eigenvalue weighted by atomic mass is 10.1. The van der Waals surface area contributed by atoms with Gasteiger partial charge in [0.2, 0.25) is 0 Å². The highest BCUT2D eigenvalue weighted by Gasteiger charge is 2.16. The van der Waals surface area contributed by atoms with E-state index in [9.17, 15) is 9.59 Å². The molecule has 0 fully saturated rings. The van der Waals surface area contributed by atoms with Gasteiger partial charge in [0.1, 0.15) is 11.5 Å². The average molecular weight is 442 g/mol. The monoisotopic (exact) mass is 442 g/mol. The van der Waals surface area contributed by atoms with Crippen molar-refractivity contribution in [1.29, 1.82) is 0 Å². The van der Waals surface area contributed by atoms with Crippen molar-refractivity contribution in [2.45, 2.75) is 6.54 Å². The summed E-state index contributed by atoms with van der Waals surface area (Å²) in [6.45, 7) is 0.247. The minimum absolute atomic E-state index is 0.111. The van der Waals surface area contributed by atoms with Crippen molar-refractivity contribution in [1.82, 2.24) is 15.2 Å². The third-order valence-corrected chi connectivity index (χ3v) is 5.07. The molecule has 1 N–H and O–H groups in total. The average Bonchev–Trinajstić information content (AvgIpc) is 2.86. The second-order valence-corrected chi connectivity index (χ2v) is 7.15. The third-order valence-electron chi connectivity index (χ3n) is 5.07. The smallest absolute Gasteiger partial charge is 0.292 e. The number of aromatic nitrogens is 2. The van der Waals surface area contributed by atoms with Gasteiger partial charge in [-0.05, 0) is 23.8 Å². The summed E-state index contributed by atoms with van der Waals surface area (Å²) in [5, 5.41) is 9.28. The summed E-state index contributed by atoms with van der Waals surface area (Å²) in [5.41, 5.74) is 3.90. The molecule has 0 aliphatic carbocycles. The summed E-state index contributed by atoms with van der Waals surface area (Å²) < 4.78 is 11.8. The Labute approximate surface area is 190 Å². The number of fused-ring (bicyclic) bond motifs is 1. The lowest BCUT2D eigenvalue weighted by Gasteiger charge is -2.10. The van der Waals surface area contributed by atoms with Crippen molar-refractivity contribution >= 4 is 22.9 Å². The maximum atomic E-state index is 13.0. The molecule has 0 saturated carbocycles. The van der Waals surface area contributed by atoms with E-state index in [1.54, 1.807) is 49.6 Å². The quantitative estimate of drug-likeness (QED) is 0.350. The SMILES string of the molecule is COc1ccc(C=NNC(=O)c2nn(Cc3ccccc3)c(=O)c3ccccc23)c(OC)c1. The molecular formula is C25H22N4O4. The van der Waals surface area contributed by atoms with Gasteiger partial charge < -0.3 is 9.47 Å². The van der Waals surface area contributed by atoms with Gasteiger partial charge in [-0.1, -0.05) is 48.5 Å². The summed E-state index contributed by atoms with van der Waals surface area (Å²) in [5.74, 6) is 0.661. The molecule has 3 aromatic carbocycles. The summed E-state index contributed by atoms with van der Waals surface area (Å²) >= 11 is 0. The lowest BCUT2D eigenvalue weighted by Crippen LogP contribution is -2.29. The second kappa shape index (κ2) is 9.78. The number of nitrogens with zero attached hydrogens (tertiary/aromatic N) is 3. The molecule has 0 saturated heterocycles. The zero-order valence-corrected chi connectivity index (χ0v) is 18.2. The van der Waals surface area contributed by atoms with E-state index in [2.05, 4.69) is 15.6 Å². The summed E-state index contributed by atoms with van der Waals surface area (Å²) in [4.78, 5) is 25.9. The van der Waals surface area contributed by atoms with Gasteiger partial charge in [-0.2, -0.15) is 10.2 Å². The number of ether oxygens (including phenoxy) is 2. The van der Waals surface area contributed by atoms with Crippen LogP contribution < -0.4 is 20.5 Å². The molecule has 0 bridgehead atoms. The first-order valence-corrected chi connectivity index (χ1v) is 10.2. The molecule has 0 radical (unpaired) electrons. The standard InChI is InChI=1S/C25H22N4O4/c1-32-19-13-12-18(22(14-19)33-2)15-26-27-24(30)23-20-10-6-7-11-21(20)25(31)29(28-23)16-17-8-4-3-5-9-17/h3-15H,16H2,1-2H3,(H,27,30). The lowest BCUT2D eigenvalue weighted by molar-refractivity contribution is 0.0949. The summed E-state index contributed by atoms with van der Waals surface area (Å²) in [7, 11) is 3.11. The molecule has 0 spiro atoms. The zero-order chi connectivity index (χ0) is 23.2. The number of methoxy groups -OCH3 is 2. The predicted molar refractivity (Wildman–Crippen MR) is 126 cm³/mol. The van der Waals surface area contributed by atoms with Crippen LogP contribution in [0.15, 0.2) is 82.7 Å². The first-order chi connectivity index (χ1) is 16.1. The number of amides is 1. The number of hydrogen-bond donors (Lipinski definition) is 1. The van der Waals surface area contributed by atoms with Crippen molar-refractivity contribution in [3.8, 4) is 11.5 Å². The highest BCUT2D eigenvalue weighted by atomic mass is 16.5. The fraction of sp³-hybridized carbons (Fsp3) is 0.120. The highest BCUT2D eigenvalue weighted by Crippen LogP contribution is 2.23. The summed E-state index contributed by atoms with van der Waals surface area (Å²) in [6.07, 6.45) is 1.47. The Bertz CT molecular complexity index is 1380. The highest BCUT2D eigenvalue weighted by molar-refractivity contribution is 6.05. The molecule has 0 atom stereocenters. The van der Waals surface area contributed by atoms with E-state index in [1.165, 1.54) is 18.0 Å². The molecule has 0 aliphatic rings. The Morgan fingerprint density at radius 2 is 1.73 bits per heavy atom. The number of rotatable bonds is 7. The van der Waals surface area contributed by atoms with Crippen molar-refractivity contribution in [3.63, 3.8) is 0 Å². The van der Waals surface area contributed by atoms with E-state index < -0.39 is 5.91 Å². The molecule has 0 aliphatic heterocycles. The molecular weight excluding hydrogens is 420 g/mol. The largest absolute Gasteiger partial charge is 0.497 e. The fourth-order valence-corrected chi connectivity index (χ4v) is 3.40. The van der Waals surface area contributed by atoms with Gasteiger partial charge in [-0.3, -0.25) is 9.59 Å². The van der Waals surface area contributed by atoms with Gasteiger partial charge in [0, 0.05) is 17.0 Å². The summed E-state index contributed by atoms with van der Waals surface area (Å²) in [6, 6.07) is 21.6. The van der Waals surface area contributed by atoms with Crippen molar-refractivity contribution in [2.24, 2.45) is 5.10 Å². The van der Waals surface area contributed by atoms with E-state index >= 15 is 0 Å². The number of nitrogens with one attached hydrogen (secondary N) is 1. The number of carbonyl (C=O) groups is 1. The molecule has 166 valence electrons. The number of carbonyl (C=O) groups excluding carboxylic acids is 1. The Morgan fingerprint density at radius 1 is 1.00 bits per heavy atom. The minimum atomic E-state index is -0.531. The van der Waals surface area contributed by atoms with E-state index in [-0.39, 0.29) is 17.8 Å². The van der Waals surface area contributed by atoms with Crippen LogP contribution in [0.2, 0.25) is 0 Å². The van der Waals surface area contributed by atoms with Crippen molar-refractivity contribution in [2.75, 3.05) is 14.2 Å². The van der Waals surface area contributed by atoms with Crippen LogP contribution in [0.5, 0.6) is 11.5 Å². The fourth-order valence-electron chi connectivity index (χ4n) is 3.40. The van der Waals surface area contributed by atoms with Crippen LogP contribution in [0.4, 0.5) is 0 Å². The zero-order valence-electron chi connectivity index (χ0n) is 18.2. The van der Waals surface area contributed by atoms with Crippen LogP contribution in [0.25, 0.3) is 10.8 Å². The molecule has 8 heteroatoms. The van der Waals surface area contributed by atoms with Crippen LogP contribution >= 0.6 is 0 Å². The van der Waals surface area contributed by atoms with Gasteiger partial charge in [-0.25, -0.2) is 10.1 Å². The number of hydrogen-bond acceptors (Lipinski definition) is 6. The van der Waals surface area contributed by atoms with Gasteiger partial charge in [0.25, 0.3) is 11.5 Å². The number of hydrazone groups is 1. The van der Waals surface area contributed by atoms with Crippen LogP contribution in [0.1, 0.15) is 21.6 Å². The van der Waals surface area contributed by atoms with E-state index in [1.807, 2.05) is 30.3 Å². The van der Waals surface area contributed by atoms with E-state index in [0.717, 1.165) is 5.56 Å². The Kier molecular flexibility index (Phi) is 6.45. The van der Waals surface area contributed by atoms with Crippen LogP contribution in [-0.4, -0.2) is 36.1 Å². The van der Waals surface area contributed by atoms with Crippen molar-refractivity contribution < 1.29 is 14.3 Å². The van der Waals surface area contributed by atoms with E-state index in [0.29, 0.717) is 27.8 Å². The normalized spacial score (nSPS) is 11.0. The maximum absolute atomic E-state index is 13.0. The van der Waals surface area contributed by atoms with Crippen LogP contribution in [-0.2, 0) is 6.54 Å². The predicted octanol–water partition coefficient (Wildman–Crippen LogP) is 3.23. The molecule has 1 aromatic heterocycles. The first kappa shape index (κ1) is 21.8. The number of benzene rings is 3. The molecule has 4 aromatic rings. The molecule has 1 amide bonds. The van der Waals surface area contributed by atoms with E-state index in [4.69, 9.17) is 9.47 Å². The van der Waals surface area contributed by atoms with Gasteiger partial charge in [0.05, 0.1) is 32.4 Å². The Balaban J connectivity index is 1.65. The second-order valence-electron chi connectivity index (χ2n) is 7.15. The third kappa shape index (κ3) is 4.74. The molecule has 0 unspecified atom stereocenters. The van der Waals surface area contributed by atoms with Gasteiger partial charge in [0.15, 0.2) is 5.69 Å². The minimum Gasteiger partial charge on any atom is -0.497 e. The topological polar surface area (TPSA) is 94.8 Å². The van der Waals surface area contributed by atoms with Gasteiger partial charge >= 0.3 is 0 Å².